The highest BCUT2D eigenvalue weighted by Gasteiger charge is 2.66. The van der Waals surface area contributed by atoms with Crippen LogP contribution in [0.25, 0.3) is 0 Å². The summed E-state index contributed by atoms with van der Waals surface area (Å²) in [6.45, 7) is 6.81. The molecule has 0 saturated heterocycles. The van der Waals surface area contributed by atoms with E-state index in [2.05, 4.69) is 15.9 Å². The molecule has 9 heteroatoms. The maximum atomic E-state index is 13.7. The summed E-state index contributed by atoms with van der Waals surface area (Å²) in [4.78, 5) is 24.2. The van der Waals surface area contributed by atoms with E-state index in [1.54, 1.807) is 27.7 Å². The number of carbonyl (C=O) groups excluding carboxylic acids is 2. The number of carbonyl (C=O) groups is 2. The number of esters is 1. The van der Waals surface area contributed by atoms with Gasteiger partial charge in [0.2, 0.25) is 0 Å². The lowest BCUT2D eigenvalue weighted by Crippen LogP contribution is -2.35. The van der Waals surface area contributed by atoms with Gasteiger partial charge in [0.25, 0.3) is 0 Å². The van der Waals surface area contributed by atoms with Crippen LogP contribution in [0.1, 0.15) is 58.2 Å². The highest BCUT2D eigenvalue weighted by molar-refractivity contribution is 9.10. The van der Waals surface area contributed by atoms with Crippen LogP contribution in [0.2, 0.25) is 0 Å². The van der Waals surface area contributed by atoms with Crippen LogP contribution < -0.4 is 0 Å². The van der Waals surface area contributed by atoms with Crippen LogP contribution in [0, 0.1) is 0 Å². The first kappa shape index (κ1) is 21.8. The molecular weight excluding hydrogens is 431 g/mol. The first-order chi connectivity index (χ1) is 12.3. The molecule has 1 fully saturated rings. The summed E-state index contributed by atoms with van der Waals surface area (Å²) >= 11 is 3.23. The van der Waals surface area contributed by atoms with Crippen LogP contribution in [0.3, 0.4) is 0 Å². The molecule has 0 amide bonds. The van der Waals surface area contributed by atoms with Gasteiger partial charge in [-0.3, -0.25) is 4.79 Å². The van der Waals surface area contributed by atoms with E-state index in [1.807, 2.05) is 0 Å². The van der Waals surface area contributed by atoms with Crippen molar-refractivity contribution in [1.82, 2.24) is 4.57 Å². The van der Waals surface area contributed by atoms with Crippen molar-refractivity contribution in [3.05, 3.63) is 21.9 Å². The van der Waals surface area contributed by atoms with Gasteiger partial charge in [0.15, 0.2) is 0 Å². The number of hydrogen-bond acceptors (Lipinski definition) is 4. The van der Waals surface area contributed by atoms with Crippen molar-refractivity contribution in [1.29, 1.82) is 0 Å². The lowest BCUT2D eigenvalue weighted by molar-refractivity contribution is -0.162. The average molecular weight is 454 g/mol. The Morgan fingerprint density at radius 3 is 2.30 bits per heavy atom. The Morgan fingerprint density at radius 1 is 1.26 bits per heavy atom. The van der Waals surface area contributed by atoms with Crippen LogP contribution in [-0.2, 0) is 26.1 Å². The topological polar surface area (TPSA) is 57.5 Å². The molecule has 1 heterocycles. The SMILES string of the molecule is CCOC(=O)CCc1cc(C2(C(F)(F)F)CC2)n(C(=O)OC(C)(C)C)c1Br. The smallest absolute Gasteiger partial charge is 0.419 e. The molecule has 0 aliphatic heterocycles. The predicted molar refractivity (Wildman–Crippen MR) is 95.7 cm³/mol. The molecule has 0 atom stereocenters. The van der Waals surface area contributed by atoms with E-state index in [1.165, 1.54) is 6.07 Å². The molecule has 2 rings (SSSR count). The monoisotopic (exact) mass is 453 g/mol. The molecule has 152 valence electrons. The fourth-order valence-corrected chi connectivity index (χ4v) is 3.48. The number of halogens is 4. The lowest BCUT2D eigenvalue weighted by Gasteiger charge is -2.24. The van der Waals surface area contributed by atoms with Gasteiger partial charge in [-0.1, -0.05) is 0 Å². The molecule has 1 aromatic rings. The second-order valence-corrected chi connectivity index (χ2v) is 8.30. The number of aromatic nitrogens is 1. The van der Waals surface area contributed by atoms with Crippen molar-refractivity contribution in [2.75, 3.05) is 6.61 Å². The maximum Gasteiger partial charge on any atom is 0.419 e. The van der Waals surface area contributed by atoms with E-state index in [0.717, 1.165) is 4.57 Å². The normalized spacial score (nSPS) is 16.1. The van der Waals surface area contributed by atoms with E-state index < -0.39 is 29.3 Å². The van der Waals surface area contributed by atoms with Crippen molar-refractivity contribution in [2.24, 2.45) is 0 Å². The van der Waals surface area contributed by atoms with E-state index in [4.69, 9.17) is 9.47 Å². The van der Waals surface area contributed by atoms with E-state index in [9.17, 15) is 22.8 Å². The Balaban J connectivity index is 2.43. The molecule has 1 aliphatic carbocycles. The summed E-state index contributed by atoms with van der Waals surface area (Å²) < 4.78 is 52.2. The van der Waals surface area contributed by atoms with Crippen LogP contribution in [0.4, 0.5) is 18.0 Å². The average Bonchev–Trinajstić information content (AvgIpc) is 3.24. The summed E-state index contributed by atoms with van der Waals surface area (Å²) in [5, 5.41) is 0. The first-order valence-electron chi connectivity index (χ1n) is 8.68. The van der Waals surface area contributed by atoms with E-state index in [-0.39, 0.29) is 42.6 Å². The molecule has 1 saturated carbocycles. The lowest BCUT2D eigenvalue weighted by atomic mass is 10.0. The van der Waals surface area contributed by atoms with E-state index in [0.29, 0.717) is 5.56 Å². The summed E-state index contributed by atoms with van der Waals surface area (Å²) in [6, 6.07) is 1.34. The van der Waals surface area contributed by atoms with Crippen molar-refractivity contribution in [3.8, 4) is 0 Å². The van der Waals surface area contributed by atoms with Crippen LogP contribution in [-0.4, -0.2) is 35.0 Å². The molecule has 1 aromatic heterocycles. The quantitative estimate of drug-likeness (QED) is 0.580. The Bertz CT molecular complexity index is 730. The number of hydrogen-bond donors (Lipinski definition) is 0. The minimum absolute atomic E-state index is 0.00320. The number of aryl methyl sites for hydroxylation is 1. The third-order valence-corrected chi connectivity index (χ3v) is 5.14. The molecule has 0 N–H and O–H groups in total. The third-order valence-electron chi connectivity index (χ3n) is 4.28. The van der Waals surface area contributed by atoms with E-state index >= 15 is 0 Å². The zero-order valence-corrected chi connectivity index (χ0v) is 17.3. The molecule has 0 spiro atoms. The van der Waals surface area contributed by atoms with Gasteiger partial charge in [0.1, 0.15) is 11.0 Å². The fraction of sp³-hybridized carbons (Fsp3) is 0.667. The van der Waals surface area contributed by atoms with Gasteiger partial charge < -0.3 is 9.47 Å². The molecule has 27 heavy (non-hydrogen) atoms. The number of nitrogens with zero attached hydrogens (tertiary/aromatic N) is 1. The summed E-state index contributed by atoms with van der Waals surface area (Å²) in [7, 11) is 0. The minimum atomic E-state index is -4.48. The number of alkyl halides is 3. The van der Waals surface area contributed by atoms with Gasteiger partial charge in [-0.05, 0) is 74.5 Å². The summed E-state index contributed by atoms with van der Waals surface area (Å²) in [5.41, 5.74) is -2.65. The van der Waals surface area contributed by atoms with Crippen molar-refractivity contribution < 1.29 is 32.2 Å². The zero-order chi connectivity index (χ0) is 20.6. The van der Waals surface area contributed by atoms with Gasteiger partial charge in [-0.25, -0.2) is 9.36 Å². The summed E-state index contributed by atoms with van der Waals surface area (Å²) in [5.74, 6) is -0.451. The predicted octanol–water partition coefficient (Wildman–Crippen LogP) is 5.12. The Hall–Kier alpha value is -1.51. The standard InChI is InChI=1S/C18H23BrF3NO4/c1-5-26-13(24)7-6-11-10-12(17(8-9-17)18(20,21)22)23(14(11)19)15(25)27-16(2,3)4/h10H,5-9H2,1-4H3. The summed E-state index contributed by atoms with van der Waals surface area (Å²) in [6.07, 6.45) is -5.40. The number of ether oxygens (including phenoxy) is 2. The van der Waals surface area contributed by atoms with Gasteiger partial charge >= 0.3 is 18.2 Å². The van der Waals surface area contributed by atoms with Crippen molar-refractivity contribution >= 4 is 28.0 Å². The van der Waals surface area contributed by atoms with Crippen LogP contribution >= 0.6 is 15.9 Å². The molecular formula is C18H23BrF3NO4. The molecule has 1 aliphatic rings. The molecule has 0 bridgehead atoms. The molecule has 0 aromatic carbocycles. The first-order valence-corrected chi connectivity index (χ1v) is 9.48. The number of rotatable bonds is 5. The molecule has 0 unspecified atom stereocenters. The Morgan fingerprint density at radius 2 is 1.85 bits per heavy atom. The van der Waals surface area contributed by atoms with Gasteiger partial charge in [0.05, 0.1) is 11.2 Å². The Labute approximate surface area is 164 Å². The third kappa shape index (κ3) is 4.67. The largest absolute Gasteiger partial charge is 0.466 e. The molecule has 0 radical (unpaired) electrons. The Kier molecular flexibility index (Phi) is 6.04. The van der Waals surface area contributed by atoms with Gasteiger partial charge in [0, 0.05) is 12.1 Å². The zero-order valence-electron chi connectivity index (χ0n) is 15.7. The van der Waals surface area contributed by atoms with Crippen molar-refractivity contribution in [3.63, 3.8) is 0 Å². The fourth-order valence-electron chi connectivity index (χ4n) is 2.83. The van der Waals surface area contributed by atoms with Crippen LogP contribution in [0.5, 0.6) is 0 Å². The van der Waals surface area contributed by atoms with Gasteiger partial charge in [-0.2, -0.15) is 13.2 Å². The highest BCUT2D eigenvalue weighted by atomic mass is 79.9. The second-order valence-electron chi connectivity index (χ2n) is 7.55. The van der Waals surface area contributed by atoms with Crippen LogP contribution in [0.15, 0.2) is 10.7 Å². The van der Waals surface area contributed by atoms with Gasteiger partial charge in [-0.15, -0.1) is 0 Å². The molecule has 5 nitrogen and oxygen atoms in total. The highest BCUT2D eigenvalue weighted by Crippen LogP contribution is 2.59. The van der Waals surface area contributed by atoms with Crippen molar-refractivity contribution in [2.45, 2.75) is 70.6 Å². The second kappa shape index (κ2) is 7.48. The maximum absolute atomic E-state index is 13.7. The minimum Gasteiger partial charge on any atom is -0.466 e.